The van der Waals surface area contributed by atoms with Crippen molar-refractivity contribution >= 4 is 62.4 Å². The van der Waals surface area contributed by atoms with Crippen LogP contribution in [0.5, 0.6) is 0 Å². The second kappa shape index (κ2) is 5.35. The molecule has 4 heteroatoms. The molecule has 0 N–H and O–H groups in total. The highest BCUT2D eigenvalue weighted by molar-refractivity contribution is 14.1. The van der Waals surface area contributed by atoms with E-state index in [1.807, 2.05) is 12.1 Å². The van der Waals surface area contributed by atoms with Gasteiger partial charge < -0.3 is 0 Å². The Morgan fingerprint density at radius 1 is 1.11 bits per heavy atom. The van der Waals surface area contributed by atoms with Gasteiger partial charge in [-0.25, -0.2) is 0 Å². The standard InChI is InChI=1S/C15H10ClIS2/c16-11-7-5-10(6-8-11)15(9-17)13-4-2-1-3-12(13)14(18)19-15/h1-8H,9H2. The average molecular weight is 417 g/mol. The SMILES string of the molecule is S=C1SC(CI)(c2ccc(Cl)cc2)c2ccccc21. The van der Waals surface area contributed by atoms with E-state index in [0.717, 1.165) is 13.6 Å². The van der Waals surface area contributed by atoms with E-state index < -0.39 is 0 Å². The fourth-order valence-corrected chi connectivity index (χ4v) is 5.64. The van der Waals surface area contributed by atoms with E-state index in [-0.39, 0.29) is 4.75 Å². The van der Waals surface area contributed by atoms with Crippen molar-refractivity contribution in [2.75, 3.05) is 4.43 Å². The average Bonchev–Trinajstić information content (AvgIpc) is 2.74. The number of thioether (sulfide) groups is 1. The zero-order valence-corrected chi connectivity index (χ0v) is 14.4. The van der Waals surface area contributed by atoms with Gasteiger partial charge in [0, 0.05) is 15.0 Å². The van der Waals surface area contributed by atoms with Crippen LogP contribution in [0.3, 0.4) is 0 Å². The Bertz CT molecular complexity index is 639. The fourth-order valence-electron chi connectivity index (χ4n) is 2.39. The van der Waals surface area contributed by atoms with Crippen LogP contribution in [0.4, 0.5) is 0 Å². The van der Waals surface area contributed by atoms with Crippen LogP contribution in [0.15, 0.2) is 48.5 Å². The highest BCUT2D eigenvalue weighted by Gasteiger charge is 2.42. The lowest BCUT2D eigenvalue weighted by molar-refractivity contribution is 0.879. The lowest BCUT2D eigenvalue weighted by Crippen LogP contribution is -2.22. The molecule has 1 unspecified atom stereocenters. The van der Waals surface area contributed by atoms with Crippen LogP contribution in [-0.4, -0.2) is 8.62 Å². The third-order valence-electron chi connectivity index (χ3n) is 3.35. The smallest absolute Gasteiger partial charge is 0.0808 e. The van der Waals surface area contributed by atoms with E-state index in [0.29, 0.717) is 0 Å². The van der Waals surface area contributed by atoms with E-state index in [4.69, 9.17) is 23.8 Å². The van der Waals surface area contributed by atoms with Crippen molar-refractivity contribution in [3.05, 3.63) is 70.2 Å². The topological polar surface area (TPSA) is 0 Å². The Morgan fingerprint density at radius 2 is 1.79 bits per heavy atom. The van der Waals surface area contributed by atoms with Crippen molar-refractivity contribution in [1.82, 2.24) is 0 Å². The molecular formula is C15H10ClIS2. The van der Waals surface area contributed by atoms with Gasteiger partial charge in [0.25, 0.3) is 0 Å². The third-order valence-corrected chi connectivity index (χ3v) is 7.09. The first-order valence-electron chi connectivity index (χ1n) is 5.82. The van der Waals surface area contributed by atoms with Crippen LogP contribution in [-0.2, 0) is 4.75 Å². The quantitative estimate of drug-likeness (QED) is 0.363. The summed E-state index contributed by atoms with van der Waals surface area (Å²) in [5.74, 6) is 0. The molecule has 2 aromatic rings. The number of hydrogen-bond donors (Lipinski definition) is 0. The summed E-state index contributed by atoms with van der Waals surface area (Å²) >= 11 is 15.8. The van der Waals surface area contributed by atoms with E-state index in [1.54, 1.807) is 11.8 Å². The molecular weight excluding hydrogens is 407 g/mol. The van der Waals surface area contributed by atoms with E-state index in [9.17, 15) is 0 Å². The highest BCUT2D eigenvalue weighted by atomic mass is 127. The predicted molar refractivity (Wildman–Crippen MR) is 96.9 cm³/mol. The maximum atomic E-state index is 6.00. The van der Waals surface area contributed by atoms with Crippen LogP contribution < -0.4 is 0 Å². The monoisotopic (exact) mass is 416 g/mol. The van der Waals surface area contributed by atoms with Gasteiger partial charge >= 0.3 is 0 Å². The molecule has 0 amide bonds. The van der Waals surface area contributed by atoms with Crippen molar-refractivity contribution in [1.29, 1.82) is 0 Å². The van der Waals surface area contributed by atoms with Crippen molar-refractivity contribution in [2.45, 2.75) is 4.75 Å². The molecule has 1 heterocycles. The number of alkyl halides is 1. The summed E-state index contributed by atoms with van der Waals surface area (Å²) in [4.78, 5) is 0. The van der Waals surface area contributed by atoms with Gasteiger partial charge in [-0.15, -0.1) is 0 Å². The molecule has 0 saturated heterocycles. The van der Waals surface area contributed by atoms with E-state index in [1.165, 1.54) is 16.7 Å². The molecule has 1 aliphatic rings. The second-order valence-corrected chi connectivity index (χ2v) is 7.58. The van der Waals surface area contributed by atoms with Crippen LogP contribution in [0.2, 0.25) is 5.02 Å². The largest absolute Gasteiger partial charge is 0.0966 e. The van der Waals surface area contributed by atoms with Gasteiger partial charge in [0.15, 0.2) is 0 Å². The molecule has 0 bridgehead atoms. The molecule has 0 aromatic heterocycles. The summed E-state index contributed by atoms with van der Waals surface area (Å²) in [7, 11) is 0. The molecule has 0 spiro atoms. The van der Waals surface area contributed by atoms with Crippen LogP contribution in [0.25, 0.3) is 0 Å². The number of hydrogen-bond acceptors (Lipinski definition) is 2. The molecule has 1 aliphatic heterocycles. The molecule has 0 saturated carbocycles. The minimum Gasteiger partial charge on any atom is -0.0966 e. The van der Waals surface area contributed by atoms with Gasteiger partial charge in [-0.3, -0.25) is 0 Å². The van der Waals surface area contributed by atoms with Gasteiger partial charge in [0.1, 0.15) is 0 Å². The lowest BCUT2D eigenvalue weighted by atomic mass is 9.89. The zero-order valence-electron chi connectivity index (χ0n) is 9.90. The van der Waals surface area contributed by atoms with Gasteiger partial charge in [-0.1, -0.05) is 94.6 Å². The first kappa shape index (κ1) is 13.9. The molecule has 1 atom stereocenters. The molecule has 0 radical (unpaired) electrons. The number of rotatable bonds is 2. The summed E-state index contributed by atoms with van der Waals surface area (Å²) in [5, 5.41) is 0.770. The third kappa shape index (κ3) is 2.24. The molecule has 0 fully saturated rings. The molecule has 96 valence electrons. The maximum absolute atomic E-state index is 6.00. The Morgan fingerprint density at radius 3 is 2.47 bits per heavy atom. The molecule has 3 rings (SSSR count). The van der Waals surface area contributed by atoms with Crippen LogP contribution in [0.1, 0.15) is 16.7 Å². The lowest BCUT2D eigenvalue weighted by Gasteiger charge is -2.27. The summed E-state index contributed by atoms with van der Waals surface area (Å²) < 4.78 is 1.90. The van der Waals surface area contributed by atoms with Gasteiger partial charge in [-0.05, 0) is 23.3 Å². The van der Waals surface area contributed by atoms with Crippen molar-refractivity contribution in [3.63, 3.8) is 0 Å². The fraction of sp³-hybridized carbons (Fsp3) is 0.133. The number of benzene rings is 2. The second-order valence-electron chi connectivity index (χ2n) is 4.40. The molecule has 0 aliphatic carbocycles. The van der Waals surface area contributed by atoms with Gasteiger partial charge in [-0.2, -0.15) is 0 Å². The number of fused-ring (bicyclic) bond motifs is 1. The first-order chi connectivity index (χ1) is 9.17. The summed E-state index contributed by atoms with van der Waals surface area (Å²) in [6.45, 7) is 0. The van der Waals surface area contributed by atoms with Crippen molar-refractivity contribution in [2.24, 2.45) is 0 Å². The first-order valence-corrected chi connectivity index (χ1v) is 8.95. The van der Waals surface area contributed by atoms with E-state index >= 15 is 0 Å². The van der Waals surface area contributed by atoms with Crippen molar-refractivity contribution in [3.8, 4) is 0 Å². The minimum absolute atomic E-state index is 0.0706. The normalized spacial score (nSPS) is 21.5. The Labute approximate surface area is 141 Å². The Kier molecular flexibility index (Phi) is 3.91. The number of halogens is 2. The Balaban J connectivity index is 2.21. The Hall–Kier alpha value is -0.100. The van der Waals surface area contributed by atoms with E-state index in [2.05, 4.69) is 59.0 Å². The molecule has 2 aromatic carbocycles. The molecule has 19 heavy (non-hydrogen) atoms. The minimum atomic E-state index is -0.0706. The zero-order chi connectivity index (χ0) is 13.5. The van der Waals surface area contributed by atoms with Crippen LogP contribution >= 0.6 is 58.2 Å². The number of thiocarbonyl (C=S) groups is 1. The highest BCUT2D eigenvalue weighted by Crippen LogP contribution is 2.52. The predicted octanol–water partition coefficient (Wildman–Crippen LogP) is 5.44. The van der Waals surface area contributed by atoms with Crippen molar-refractivity contribution < 1.29 is 0 Å². The maximum Gasteiger partial charge on any atom is 0.0808 e. The summed E-state index contributed by atoms with van der Waals surface area (Å²) in [6, 6.07) is 16.6. The van der Waals surface area contributed by atoms with Crippen LogP contribution in [0, 0.1) is 0 Å². The summed E-state index contributed by atoms with van der Waals surface area (Å²) in [6.07, 6.45) is 0. The molecule has 0 nitrogen and oxygen atoms in total. The van der Waals surface area contributed by atoms with Gasteiger partial charge in [0.2, 0.25) is 0 Å². The van der Waals surface area contributed by atoms with Gasteiger partial charge in [0.05, 0.1) is 8.94 Å². The summed E-state index contributed by atoms with van der Waals surface area (Å²) in [5.41, 5.74) is 3.79.